The summed E-state index contributed by atoms with van der Waals surface area (Å²) in [5.41, 5.74) is 0.430. The molecular formula is C29H27N3OS. The van der Waals surface area contributed by atoms with Crippen molar-refractivity contribution in [3.8, 4) is 12.1 Å². The third kappa shape index (κ3) is 2.54. The maximum atomic E-state index is 14.9. The molecule has 0 amide bonds. The first kappa shape index (κ1) is 20.5. The van der Waals surface area contributed by atoms with Crippen LogP contribution in [0.15, 0.2) is 47.9 Å². The average molecular weight is 466 g/mol. The van der Waals surface area contributed by atoms with Crippen molar-refractivity contribution in [1.29, 1.82) is 10.5 Å². The zero-order valence-electron chi connectivity index (χ0n) is 19.1. The standard InChI is InChI=1S/C29H27N3OS/c30-16-29(17-31)24-8-7-21-4-1-2-5-22(21)32(24)26(25(29)23-6-3-9-34-23)27(33)28-13-18-10-19(14-28)12-20(11-18)15-28/h1-9,18-20,24-26H,10-15H2/t18?,19?,20?,24-,25+,26+,28?/m0/s1. The molecule has 170 valence electrons. The fraction of sp³-hybridized carbons (Fsp3) is 0.483. The van der Waals surface area contributed by atoms with Crippen LogP contribution in [-0.4, -0.2) is 17.9 Å². The summed E-state index contributed by atoms with van der Waals surface area (Å²) < 4.78 is 0. The summed E-state index contributed by atoms with van der Waals surface area (Å²) in [5.74, 6) is 1.84. The Hall–Kier alpha value is -2.89. The van der Waals surface area contributed by atoms with E-state index in [0.717, 1.165) is 35.4 Å². The van der Waals surface area contributed by atoms with Crippen LogP contribution in [0.25, 0.3) is 6.08 Å². The van der Waals surface area contributed by atoms with Crippen LogP contribution in [0.5, 0.6) is 0 Å². The summed E-state index contributed by atoms with van der Waals surface area (Å²) in [6.45, 7) is 0. The van der Waals surface area contributed by atoms with Gasteiger partial charge in [-0.05, 0) is 79.4 Å². The number of thiophene rings is 1. The number of fused-ring (bicyclic) bond motifs is 3. The molecule has 0 N–H and O–H groups in total. The predicted octanol–water partition coefficient (Wildman–Crippen LogP) is 5.93. The fourth-order valence-electron chi connectivity index (χ4n) is 8.74. The van der Waals surface area contributed by atoms with Crippen molar-refractivity contribution < 1.29 is 4.79 Å². The monoisotopic (exact) mass is 465 g/mol. The van der Waals surface area contributed by atoms with E-state index in [1.807, 2.05) is 41.8 Å². The minimum Gasteiger partial charge on any atom is -0.351 e. The molecular weight excluding hydrogens is 438 g/mol. The molecule has 1 saturated heterocycles. The molecule has 4 nitrogen and oxygen atoms in total. The van der Waals surface area contributed by atoms with E-state index in [2.05, 4.69) is 29.2 Å². The Morgan fingerprint density at radius 3 is 2.26 bits per heavy atom. The molecule has 0 unspecified atom stereocenters. The van der Waals surface area contributed by atoms with Crippen LogP contribution in [-0.2, 0) is 4.79 Å². The zero-order valence-corrected chi connectivity index (χ0v) is 19.9. The smallest absolute Gasteiger partial charge is 0.177 e. The van der Waals surface area contributed by atoms with E-state index < -0.39 is 23.4 Å². The lowest BCUT2D eigenvalue weighted by atomic mass is 9.47. The Labute approximate surface area is 204 Å². The largest absolute Gasteiger partial charge is 0.351 e. The zero-order chi connectivity index (χ0) is 23.1. The van der Waals surface area contributed by atoms with Gasteiger partial charge in [-0.3, -0.25) is 4.79 Å². The van der Waals surface area contributed by atoms with Crippen molar-refractivity contribution in [3.63, 3.8) is 0 Å². The first-order chi connectivity index (χ1) is 16.6. The van der Waals surface area contributed by atoms with Gasteiger partial charge in [-0.15, -0.1) is 11.3 Å². The van der Waals surface area contributed by atoms with Gasteiger partial charge in [-0.1, -0.05) is 36.4 Å². The lowest BCUT2D eigenvalue weighted by Crippen LogP contribution is -2.56. The first-order valence-electron chi connectivity index (χ1n) is 12.5. The second-order valence-corrected chi connectivity index (χ2v) is 12.3. The normalized spacial score (nSPS) is 38.1. The summed E-state index contributed by atoms with van der Waals surface area (Å²) in [6.07, 6.45) is 10.9. The lowest BCUT2D eigenvalue weighted by Gasteiger charge is -2.57. The maximum Gasteiger partial charge on any atom is 0.177 e. The van der Waals surface area contributed by atoms with Gasteiger partial charge in [-0.25, -0.2) is 0 Å². The number of nitriles is 2. The molecule has 4 bridgehead atoms. The minimum absolute atomic E-state index is 0.295. The number of ketones is 1. The Morgan fingerprint density at radius 1 is 0.971 bits per heavy atom. The van der Waals surface area contributed by atoms with Crippen molar-refractivity contribution in [2.75, 3.05) is 4.90 Å². The number of para-hydroxylation sites is 1. The maximum absolute atomic E-state index is 14.9. The van der Waals surface area contributed by atoms with Gasteiger partial charge in [0.1, 0.15) is 0 Å². The van der Waals surface area contributed by atoms with Crippen LogP contribution in [0.1, 0.15) is 54.9 Å². The summed E-state index contributed by atoms with van der Waals surface area (Å²) in [4.78, 5) is 18.1. The number of carbonyl (C=O) groups excluding carboxylic acids is 1. The van der Waals surface area contributed by atoms with E-state index in [1.54, 1.807) is 11.3 Å². The van der Waals surface area contributed by atoms with Gasteiger partial charge in [0.25, 0.3) is 0 Å². The molecule has 4 aliphatic carbocycles. The molecule has 34 heavy (non-hydrogen) atoms. The van der Waals surface area contributed by atoms with Crippen molar-refractivity contribution in [2.24, 2.45) is 28.6 Å². The SMILES string of the molecule is N#CC1(C#N)[C@H](c2cccs2)[C@H](C(=O)C23CC4CC(CC(C4)C2)C3)N2c3ccccc3C=C[C@H]21. The van der Waals surface area contributed by atoms with Crippen LogP contribution < -0.4 is 4.90 Å². The Balaban J connectivity index is 1.44. The number of benzene rings is 1. The van der Waals surface area contributed by atoms with E-state index in [9.17, 15) is 15.3 Å². The molecule has 5 heteroatoms. The van der Waals surface area contributed by atoms with Gasteiger partial charge in [0.05, 0.1) is 30.1 Å². The highest BCUT2D eigenvalue weighted by Crippen LogP contribution is 2.64. The van der Waals surface area contributed by atoms with Crippen LogP contribution in [0.4, 0.5) is 5.69 Å². The van der Waals surface area contributed by atoms with Gasteiger partial charge in [0.15, 0.2) is 11.2 Å². The number of hydrogen-bond acceptors (Lipinski definition) is 5. The number of anilines is 1. The molecule has 2 aliphatic heterocycles. The van der Waals surface area contributed by atoms with E-state index in [1.165, 1.54) is 19.3 Å². The first-order valence-corrected chi connectivity index (χ1v) is 13.4. The van der Waals surface area contributed by atoms with Crippen molar-refractivity contribution in [3.05, 3.63) is 58.3 Å². The van der Waals surface area contributed by atoms with E-state index in [4.69, 9.17) is 0 Å². The average Bonchev–Trinajstić information content (AvgIpc) is 3.47. The van der Waals surface area contributed by atoms with Gasteiger partial charge in [0, 0.05) is 16.0 Å². The number of Topliss-reactive ketones (excluding diaryl/α,β-unsaturated/α-hetero) is 1. The highest BCUT2D eigenvalue weighted by atomic mass is 32.1. The van der Waals surface area contributed by atoms with Gasteiger partial charge >= 0.3 is 0 Å². The number of hydrogen-bond donors (Lipinski definition) is 0. The molecule has 3 atom stereocenters. The van der Waals surface area contributed by atoms with Gasteiger partial charge < -0.3 is 4.90 Å². The minimum atomic E-state index is -1.31. The van der Waals surface area contributed by atoms with E-state index >= 15 is 0 Å². The Bertz CT molecular complexity index is 1230. The Morgan fingerprint density at radius 2 is 1.65 bits per heavy atom. The van der Waals surface area contributed by atoms with Crippen LogP contribution in [0.2, 0.25) is 0 Å². The highest BCUT2D eigenvalue weighted by molar-refractivity contribution is 7.10. The van der Waals surface area contributed by atoms with Crippen LogP contribution >= 0.6 is 11.3 Å². The third-order valence-corrected chi connectivity index (χ3v) is 10.5. The summed E-state index contributed by atoms with van der Waals surface area (Å²) >= 11 is 1.57. The molecule has 6 aliphatic rings. The molecule has 0 radical (unpaired) electrons. The molecule has 8 rings (SSSR count). The van der Waals surface area contributed by atoms with Gasteiger partial charge in [0.2, 0.25) is 0 Å². The van der Waals surface area contributed by atoms with E-state index in [0.29, 0.717) is 23.5 Å². The molecule has 1 aromatic heterocycles. The third-order valence-electron chi connectivity index (χ3n) is 9.59. The molecule has 3 heterocycles. The second kappa shape index (κ2) is 7.06. The quantitative estimate of drug-likeness (QED) is 0.563. The fourth-order valence-corrected chi connectivity index (χ4v) is 9.67. The molecule has 0 spiro atoms. The van der Waals surface area contributed by atoms with Gasteiger partial charge in [-0.2, -0.15) is 10.5 Å². The molecule has 4 saturated carbocycles. The number of carbonyl (C=O) groups is 1. The summed E-state index contributed by atoms with van der Waals surface area (Å²) in [7, 11) is 0. The molecule has 5 fully saturated rings. The molecule has 2 aromatic rings. The van der Waals surface area contributed by atoms with Crippen molar-refractivity contribution in [1.82, 2.24) is 0 Å². The number of rotatable bonds is 3. The van der Waals surface area contributed by atoms with Crippen LogP contribution in [0, 0.1) is 51.2 Å². The van der Waals surface area contributed by atoms with Crippen molar-refractivity contribution >= 4 is 28.9 Å². The lowest BCUT2D eigenvalue weighted by molar-refractivity contribution is -0.145. The van der Waals surface area contributed by atoms with E-state index in [-0.39, 0.29) is 5.41 Å². The summed E-state index contributed by atoms with van der Waals surface area (Å²) in [5, 5.41) is 23.1. The predicted molar refractivity (Wildman–Crippen MR) is 132 cm³/mol. The highest BCUT2D eigenvalue weighted by Gasteiger charge is 2.67. The summed E-state index contributed by atoms with van der Waals surface area (Å²) in [6, 6.07) is 16.1. The Kier molecular flexibility index (Phi) is 4.25. The topological polar surface area (TPSA) is 67.9 Å². The number of nitrogens with zero attached hydrogens (tertiary/aromatic N) is 3. The second-order valence-electron chi connectivity index (χ2n) is 11.4. The van der Waals surface area contributed by atoms with Crippen LogP contribution in [0.3, 0.4) is 0 Å². The molecule has 1 aromatic carbocycles. The van der Waals surface area contributed by atoms with Crippen molar-refractivity contribution in [2.45, 2.75) is 56.5 Å².